The molecule has 1 fully saturated rings. The van der Waals surface area contributed by atoms with Crippen molar-refractivity contribution < 1.29 is 4.79 Å². The second kappa shape index (κ2) is 8.02. The van der Waals surface area contributed by atoms with Crippen molar-refractivity contribution in [2.75, 3.05) is 30.7 Å². The number of rotatable bonds is 5. The molecular formula is C16H28N4OS. The maximum absolute atomic E-state index is 12.4. The lowest BCUT2D eigenvalue weighted by atomic mass is 10.2. The number of carbonyl (C=O) groups is 1. The second-order valence-electron chi connectivity index (χ2n) is 6.03. The van der Waals surface area contributed by atoms with Gasteiger partial charge in [-0.3, -0.25) is 14.4 Å². The van der Waals surface area contributed by atoms with E-state index in [9.17, 15) is 4.79 Å². The maximum Gasteiger partial charge on any atom is 0.238 e. The standard InChI is InChI=1S/C16H28N4OS/c1-5-22-14-8-6-7-9-20(10-14)11-15(21)17-16-12(2)18-19(4)13(16)3/h14H,5-11H2,1-4H3,(H,17,21)/t14-/m0/s1. The number of nitrogens with zero attached hydrogens (tertiary/aromatic N) is 3. The second-order valence-corrected chi connectivity index (χ2v) is 7.60. The van der Waals surface area contributed by atoms with E-state index in [1.54, 1.807) is 0 Å². The fourth-order valence-electron chi connectivity index (χ4n) is 3.03. The minimum Gasteiger partial charge on any atom is -0.322 e. The molecule has 0 aliphatic carbocycles. The molecule has 1 N–H and O–H groups in total. The van der Waals surface area contributed by atoms with Crippen molar-refractivity contribution in [3.05, 3.63) is 11.4 Å². The highest BCUT2D eigenvalue weighted by Gasteiger charge is 2.21. The maximum atomic E-state index is 12.4. The topological polar surface area (TPSA) is 50.2 Å². The molecule has 1 aliphatic heterocycles. The van der Waals surface area contributed by atoms with Gasteiger partial charge < -0.3 is 5.32 Å². The van der Waals surface area contributed by atoms with Gasteiger partial charge in [-0.15, -0.1) is 0 Å². The molecule has 1 saturated heterocycles. The van der Waals surface area contributed by atoms with E-state index in [1.165, 1.54) is 19.3 Å². The number of carbonyl (C=O) groups excluding carboxylic acids is 1. The van der Waals surface area contributed by atoms with Crippen LogP contribution in [0.25, 0.3) is 0 Å². The van der Waals surface area contributed by atoms with Crippen LogP contribution < -0.4 is 5.32 Å². The minimum absolute atomic E-state index is 0.0707. The Hall–Kier alpha value is -1.01. The van der Waals surface area contributed by atoms with Gasteiger partial charge in [0.15, 0.2) is 0 Å². The summed E-state index contributed by atoms with van der Waals surface area (Å²) in [6.45, 7) is 8.66. The largest absolute Gasteiger partial charge is 0.322 e. The fourth-order valence-corrected chi connectivity index (χ4v) is 4.15. The van der Waals surface area contributed by atoms with Gasteiger partial charge in [0.25, 0.3) is 0 Å². The molecule has 1 aromatic heterocycles. The zero-order chi connectivity index (χ0) is 16.1. The van der Waals surface area contributed by atoms with Gasteiger partial charge in [0, 0.05) is 18.8 Å². The Labute approximate surface area is 137 Å². The normalized spacial score (nSPS) is 19.9. The number of aromatic nitrogens is 2. The van der Waals surface area contributed by atoms with Gasteiger partial charge in [-0.2, -0.15) is 16.9 Å². The number of hydrogen-bond acceptors (Lipinski definition) is 4. The molecule has 1 atom stereocenters. The molecule has 22 heavy (non-hydrogen) atoms. The Morgan fingerprint density at radius 3 is 2.82 bits per heavy atom. The predicted molar refractivity (Wildman–Crippen MR) is 93.5 cm³/mol. The van der Waals surface area contributed by atoms with Crippen LogP contribution in [0.2, 0.25) is 0 Å². The lowest BCUT2D eigenvalue weighted by molar-refractivity contribution is -0.117. The first-order valence-corrected chi connectivity index (χ1v) is 9.20. The molecule has 0 saturated carbocycles. The van der Waals surface area contributed by atoms with Gasteiger partial charge in [-0.05, 0) is 39.0 Å². The molecule has 2 rings (SSSR count). The molecule has 2 heterocycles. The van der Waals surface area contributed by atoms with E-state index in [0.717, 1.165) is 35.9 Å². The zero-order valence-corrected chi connectivity index (χ0v) is 15.0. The summed E-state index contributed by atoms with van der Waals surface area (Å²) in [5, 5.41) is 8.06. The van der Waals surface area contributed by atoms with Crippen LogP contribution in [-0.4, -0.2) is 51.2 Å². The van der Waals surface area contributed by atoms with Crippen molar-refractivity contribution in [1.29, 1.82) is 0 Å². The van der Waals surface area contributed by atoms with Crippen LogP contribution in [0, 0.1) is 13.8 Å². The molecule has 1 aromatic rings. The Kier molecular flexibility index (Phi) is 6.32. The summed E-state index contributed by atoms with van der Waals surface area (Å²) in [5.41, 5.74) is 2.74. The lowest BCUT2D eigenvalue weighted by Gasteiger charge is -2.23. The van der Waals surface area contributed by atoms with Crippen molar-refractivity contribution in [1.82, 2.24) is 14.7 Å². The van der Waals surface area contributed by atoms with Gasteiger partial charge in [-0.1, -0.05) is 13.3 Å². The number of amides is 1. The van der Waals surface area contributed by atoms with Crippen molar-refractivity contribution >= 4 is 23.4 Å². The number of nitrogens with one attached hydrogen (secondary N) is 1. The van der Waals surface area contributed by atoms with Crippen molar-refractivity contribution in [2.24, 2.45) is 7.05 Å². The molecule has 0 bridgehead atoms. The number of aryl methyl sites for hydroxylation is 2. The Bertz CT molecular complexity index is 514. The van der Waals surface area contributed by atoms with Gasteiger partial charge in [0.05, 0.1) is 23.6 Å². The molecule has 1 amide bonds. The third-order valence-electron chi connectivity index (χ3n) is 4.26. The van der Waals surface area contributed by atoms with E-state index in [1.807, 2.05) is 37.3 Å². The van der Waals surface area contributed by atoms with E-state index in [4.69, 9.17) is 0 Å². The van der Waals surface area contributed by atoms with Gasteiger partial charge in [0.2, 0.25) is 5.91 Å². The predicted octanol–water partition coefficient (Wildman–Crippen LogP) is 2.58. The zero-order valence-electron chi connectivity index (χ0n) is 14.2. The minimum atomic E-state index is 0.0707. The molecule has 0 radical (unpaired) electrons. The summed E-state index contributed by atoms with van der Waals surface area (Å²) < 4.78 is 1.81. The molecule has 5 nitrogen and oxygen atoms in total. The van der Waals surface area contributed by atoms with Crippen LogP contribution in [0.3, 0.4) is 0 Å². The highest BCUT2D eigenvalue weighted by molar-refractivity contribution is 7.99. The summed E-state index contributed by atoms with van der Waals surface area (Å²) in [7, 11) is 1.90. The Morgan fingerprint density at radius 2 is 2.18 bits per heavy atom. The molecule has 0 spiro atoms. The van der Waals surface area contributed by atoms with E-state index < -0.39 is 0 Å². The smallest absolute Gasteiger partial charge is 0.238 e. The van der Waals surface area contributed by atoms with E-state index in [2.05, 4.69) is 22.2 Å². The first-order chi connectivity index (χ1) is 10.5. The summed E-state index contributed by atoms with van der Waals surface area (Å²) >= 11 is 2.02. The number of anilines is 1. The monoisotopic (exact) mass is 324 g/mol. The van der Waals surface area contributed by atoms with Crippen molar-refractivity contribution in [3.63, 3.8) is 0 Å². The fraction of sp³-hybridized carbons (Fsp3) is 0.750. The summed E-state index contributed by atoms with van der Waals surface area (Å²) in [5.74, 6) is 1.22. The average Bonchev–Trinajstić information content (AvgIpc) is 2.65. The van der Waals surface area contributed by atoms with Crippen LogP contribution in [0.15, 0.2) is 0 Å². The molecule has 0 unspecified atom stereocenters. The van der Waals surface area contributed by atoms with Crippen LogP contribution in [0.4, 0.5) is 5.69 Å². The molecule has 6 heteroatoms. The Balaban J connectivity index is 1.93. The summed E-state index contributed by atoms with van der Waals surface area (Å²) in [4.78, 5) is 14.7. The molecule has 124 valence electrons. The van der Waals surface area contributed by atoms with Crippen LogP contribution in [0.5, 0.6) is 0 Å². The summed E-state index contributed by atoms with van der Waals surface area (Å²) in [6.07, 6.45) is 3.74. The lowest BCUT2D eigenvalue weighted by Crippen LogP contribution is -2.37. The van der Waals surface area contributed by atoms with Crippen molar-refractivity contribution in [2.45, 2.75) is 45.3 Å². The average molecular weight is 324 g/mol. The SMILES string of the molecule is CCS[C@H]1CCCCN(CC(=O)Nc2c(C)nn(C)c2C)C1. The first-order valence-electron chi connectivity index (χ1n) is 8.15. The number of thioether (sulfide) groups is 1. The quantitative estimate of drug-likeness (QED) is 0.904. The highest BCUT2D eigenvalue weighted by atomic mass is 32.2. The first kappa shape index (κ1) is 17.3. The Morgan fingerprint density at radius 1 is 1.41 bits per heavy atom. The molecule has 0 aromatic carbocycles. The van der Waals surface area contributed by atoms with Crippen LogP contribution in [-0.2, 0) is 11.8 Å². The van der Waals surface area contributed by atoms with Gasteiger partial charge >= 0.3 is 0 Å². The van der Waals surface area contributed by atoms with Gasteiger partial charge in [0.1, 0.15) is 0 Å². The third kappa shape index (κ3) is 4.49. The van der Waals surface area contributed by atoms with Crippen molar-refractivity contribution in [3.8, 4) is 0 Å². The van der Waals surface area contributed by atoms with Crippen LogP contribution in [0.1, 0.15) is 37.6 Å². The molecule has 1 aliphatic rings. The number of likely N-dealkylation sites (tertiary alicyclic amines) is 1. The van der Waals surface area contributed by atoms with E-state index in [0.29, 0.717) is 11.8 Å². The van der Waals surface area contributed by atoms with E-state index in [-0.39, 0.29) is 5.91 Å². The third-order valence-corrected chi connectivity index (χ3v) is 5.44. The summed E-state index contributed by atoms with van der Waals surface area (Å²) in [6, 6.07) is 0. The van der Waals surface area contributed by atoms with Gasteiger partial charge in [-0.25, -0.2) is 0 Å². The van der Waals surface area contributed by atoms with E-state index >= 15 is 0 Å². The van der Waals surface area contributed by atoms with Crippen LogP contribution >= 0.6 is 11.8 Å². The number of hydrogen-bond donors (Lipinski definition) is 1. The highest BCUT2D eigenvalue weighted by Crippen LogP contribution is 2.22. The molecular weight excluding hydrogens is 296 g/mol.